The Morgan fingerprint density at radius 3 is 2.31 bits per heavy atom. The molecule has 32 heavy (non-hydrogen) atoms. The molecule has 1 aliphatic rings. The number of rotatable bonds is 6. The SMILES string of the molecule is COc1ccc(S(=O)(=O)Nc2cccc(C(=O)Nc3ccc4c(c3)C(=O)NC4=O)c2)cc1. The van der Waals surface area contributed by atoms with E-state index in [-0.39, 0.29) is 27.3 Å². The van der Waals surface area contributed by atoms with E-state index in [1.165, 1.54) is 73.8 Å². The Balaban J connectivity index is 1.51. The van der Waals surface area contributed by atoms with Crippen molar-refractivity contribution in [3.63, 3.8) is 0 Å². The monoisotopic (exact) mass is 451 g/mol. The number of amides is 3. The van der Waals surface area contributed by atoms with Crippen LogP contribution in [0.4, 0.5) is 11.4 Å². The van der Waals surface area contributed by atoms with Gasteiger partial charge in [0.05, 0.1) is 23.1 Å². The average Bonchev–Trinajstić information content (AvgIpc) is 3.06. The van der Waals surface area contributed by atoms with E-state index in [1.807, 2.05) is 0 Å². The molecule has 0 aromatic heterocycles. The molecule has 0 atom stereocenters. The minimum absolute atomic E-state index is 0.0409. The number of carbonyl (C=O) groups is 3. The maximum Gasteiger partial charge on any atom is 0.261 e. The molecule has 0 aliphatic carbocycles. The molecule has 1 heterocycles. The first-order valence-electron chi connectivity index (χ1n) is 9.35. The van der Waals surface area contributed by atoms with E-state index in [0.717, 1.165) is 0 Å². The van der Waals surface area contributed by atoms with Crippen LogP contribution >= 0.6 is 0 Å². The zero-order chi connectivity index (χ0) is 22.9. The van der Waals surface area contributed by atoms with Gasteiger partial charge in [0.25, 0.3) is 27.7 Å². The van der Waals surface area contributed by atoms with E-state index in [9.17, 15) is 22.8 Å². The molecule has 0 radical (unpaired) electrons. The molecule has 0 saturated carbocycles. The van der Waals surface area contributed by atoms with E-state index in [2.05, 4.69) is 15.4 Å². The Bertz CT molecular complexity index is 1350. The smallest absolute Gasteiger partial charge is 0.261 e. The zero-order valence-electron chi connectivity index (χ0n) is 16.7. The molecule has 3 aromatic rings. The van der Waals surface area contributed by atoms with Gasteiger partial charge in [0.2, 0.25) is 0 Å². The molecular weight excluding hydrogens is 434 g/mol. The number of imide groups is 1. The first-order valence-corrected chi connectivity index (χ1v) is 10.8. The molecule has 0 spiro atoms. The van der Waals surface area contributed by atoms with Crippen molar-refractivity contribution in [2.24, 2.45) is 0 Å². The number of carbonyl (C=O) groups excluding carboxylic acids is 3. The second kappa shape index (κ2) is 8.16. The van der Waals surface area contributed by atoms with Crippen molar-refractivity contribution >= 4 is 39.1 Å². The normalized spacial score (nSPS) is 12.7. The van der Waals surface area contributed by atoms with Gasteiger partial charge in [0.15, 0.2) is 0 Å². The van der Waals surface area contributed by atoms with Crippen LogP contribution in [-0.4, -0.2) is 33.2 Å². The molecule has 0 saturated heterocycles. The van der Waals surface area contributed by atoms with Gasteiger partial charge >= 0.3 is 0 Å². The van der Waals surface area contributed by atoms with Crippen LogP contribution in [0.2, 0.25) is 0 Å². The third kappa shape index (κ3) is 4.16. The molecule has 0 fully saturated rings. The van der Waals surface area contributed by atoms with Gasteiger partial charge in [-0.15, -0.1) is 0 Å². The van der Waals surface area contributed by atoms with Crippen LogP contribution in [0, 0.1) is 0 Å². The number of nitrogens with one attached hydrogen (secondary N) is 3. The minimum atomic E-state index is -3.87. The maximum absolute atomic E-state index is 12.6. The highest BCUT2D eigenvalue weighted by molar-refractivity contribution is 7.92. The lowest BCUT2D eigenvalue weighted by molar-refractivity contribution is 0.0878. The van der Waals surface area contributed by atoms with E-state index in [1.54, 1.807) is 0 Å². The molecule has 1 aliphatic heterocycles. The summed E-state index contributed by atoms with van der Waals surface area (Å²) < 4.78 is 32.7. The summed E-state index contributed by atoms with van der Waals surface area (Å²) in [5, 5.41) is 4.82. The molecule has 4 rings (SSSR count). The quantitative estimate of drug-likeness (QED) is 0.494. The number of hydrogen-bond acceptors (Lipinski definition) is 6. The summed E-state index contributed by atoms with van der Waals surface area (Å²) in [5.41, 5.74) is 1.13. The van der Waals surface area contributed by atoms with Crippen molar-refractivity contribution < 1.29 is 27.5 Å². The lowest BCUT2D eigenvalue weighted by Crippen LogP contribution is -2.19. The summed E-state index contributed by atoms with van der Waals surface area (Å²) in [6.45, 7) is 0. The Hall–Kier alpha value is -4.18. The van der Waals surface area contributed by atoms with Crippen molar-refractivity contribution in [3.8, 4) is 5.75 Å². The summed E-state index contributed by atoms with van der Waals surface area (Å²) in [5.74, 6) is -1.01. The van der Waals surface area contributed by atoms with Crippen LogP contribution < -0.4 is 20.1 Å². The van der Waals surface area contributed by atoms with Gasteiger partial charge in [-0.25, -0.2) is 8.42 Å². The summed E-state index contributed by atoms with van der Waals surface area (Å²) >= 11 is 0. The third-order valence-corrected chi connectivity index (χ3v) is 6.14. The van der Waals surface area contributed by atoms with Crippen LogP contribution in [0.1, 0.15) is 31.1 Å². The van der Waals surface area contributed by atoms with Crippen LogP contribution in [0.5, 0.6) is 5.75 Å². The van der Waals surface area contributed by atoms with E-state index < -0.39 is 27.7 Å². The van der Waals surface area contributed by atoms with Gasteiger partial charge in [-0.1, -0.05) is 6.07 Å². The molecule has 162 valence electrons. The topological polar surface area (TPSA) is 131 Å². The molecule has 0 bridgehead atoms. The Morgan fingerprint density at radius 1 is 0.875 bits per heavy atom. The second-order valence-electron chi connectivity index (χ2n) is 6.86. The van der Waals surface area contributed by atoms with Crippen LogP contribution in [0.3, 0.4) is 0 Å². The second-order valence-corrected chi connectivity index (χ2v) is 8.54. The number of benzene rings is 3. The van der Waals surface area contributed by atoms with Gasteiger partial charge in [-0.3, -0.25) is 24.4 Å². The number of ether oxygens (including phenoxy) is 1. The number of fused-ring (bicyclic) bond motifs is 1. The standard InChI is InChI=1S/C22H17N3O6S/c1-31-16-6-8-17(9-7-16)32(29,30)25-15-4-2-3-13(11-15)20(26)23-14-5-10-18-19(12-14)22(28)24-21(18)27/h2-12,25H,1H3,(H,23,26)(H,24,27,28). The number of hydrogen-bond donors (Lipinski definition) is 3. The van der Waals surface area contributed by atoms with Crippen molar-refractivity contribution in [1.29, 1.82) is 0 Å². The third-order valence-electron chi connectivity index (χ3n) is 4.74. The molecule has 3 amide bonds. The van der Waals surface area contributed by atoms with Gasteiger partial charge in [-0.2, -0.15) is 0 Å². The minimum Gasteiger partial charge on any atom is -0.497 e. The predicted octanol–water partition coefficient (Wildman–Crippen LogP) is 2.63. The van der Waals surface area contributed by atoms with Gasteiger partial charge in [0.1, 0.15) is 5.75 Å². The lowest BCUT2D eigenvalue weighted by Gasteiger charge is -2.11. The highest BCUT2D eigenvalue weighted by atomic mass is 32.2. The first kappa shape index (κ1) is 21.1. The highest BCUT2D eigenvalue weighted by Crippen LogP contribution is 2.22. The number of anilines is 2. The summed E-state index contributed by atoms with van der Waals surface area (Å²) in [7, 11) is -2.39. The summed E-state index contributed by atoms with van der Waals surface area (Å²) in [4.78, 5) is 36.1. The van der Waals surface area contributed by atoms with Crippen LogP contribution in [-0.2, 0) is 10.0 Å². The summed E-state index contributed by atoms with van der Waals surface area (Å²) in [6, 6.07) is 16.2. The fourth-order valence-electron chi connectivity index (χ4n) is 3.14. The van der Waals surface area contributed by atoms with Crippen molar-refractivity contribution in [3.05, 3.63) is 83.4 Å². The van der Waals surface area contributed by atoms with Crippen molar-refractivity contribution in [1.82, 2.24) is 5.32 Å². The predicted molar refractivity (Wildman–Crippen MR) is 116 cm³/mol. The highest BCUT2D eigenvalue weighted by Gasteiger charge is 2.27. The zero-order valence-corrected chi connectivity index (χ0v) is 17.5. The molecule has 0 unspecified atom stereocenters. The van der Waals surface area contributed by atoms with Gasteiger partial charge in [0, 0.05) is 16.9 Å². The Labute approximate surface area is 183 Å². The Kier molecular flexibility index (Phi) is 5.37. The molecule has 3 N–H and O–H groups in total. The van der Waals surface area contributed by atoms with Crippen LogP contribution in [0.15, 0.2) is 71.6 Å². The summed E-state index contributed by atoms with van der Waals surface area (Å²) in [6.07, 6.45) is 0. The lowest BCUT2D eigenvalue weighted by atomic mass is 10.1. The largest absolute Gasteiger partial charge is 0.497 e. The molecule has 3 aromatic carbocycles. The van der Waals surface area contributed by atoms with E-state index in [4.69, 9.17) is 4.74 Å². The van der Waals surface area contributed by atoms with E-state index >= 15 is 0 Å². The average molecular weight is 451 g/mol. The number of sulfonamides is 1. The first-order chi connectivity index (χ1) is 15.3. The Morgan fingerprint density at radius 2 is 1.59 bits per heavy atom. The maximum atomic E-state index is 12.6. The van der Waals surface area contributed by atoms with E-state index in [0.29, 0.717) is 11.4 Å². The molecule has 9 nitrogen and oxygen atoms in total. The van der Waals surface area contributed by atoms with Crippen LogP contribution in [0.25, 0.3) is 0 Å². The molecule has 10 heteroatoms. The fourth-order valence-corrected chi connectivity index (χ4v) is 4.19. The number of methoxy groups -OCH3 is 1. The molecular formula is C22H17N3O6S. The van der Waals surface area contributed by atoms with Crippen molar-refractivity contribution in [2.75, 3.05) is 17.1 Å². The van der Waals surface area contributed by atoms with Gasteiger partial charge < -0.3 is 10.1 Å². The van der Waals surface area contributed by atoms with Crippen molar-refractivity contribution in [2.45, 2.75) is 4.90 Å². The van der Waals surface area contributed by atoms with Gasteiger partial charge in [-0.05, 0) is 60.7 Å². The fraction of sp³-hybridized carbons (Fsp3) is 0.0455.